The van der Waals surface area contributed by atoms with Crippen LogP contribution in [0.2, 0.25) is 0 Å². The van der Waals surface area contributed by atoms with E-state index >= 15 is 0 Å². The second-order valence-corrected chi connectivity index (χ2v) is 7.53. The minimum Gasteiger partial charge on any atom is -0.392 e. The summed E-state index contributed by atoms with van der Waals surface area (Å²) < 4.78 is 27.4. The Labute approximate surface area is 155 Å². The van der Waals surface area contributed by atoms with Gasteiger partial charge in [-0.3, -0.25) is 10.1 Å². The maximum Gasteiger partial charge on any atom is 0.270 e. The Balaban J connectivity index is 2.28. The van der Waals surface area contributed by atoms with Crippen molar-refractivity contribution in [3.63, 3.8) is 0 Å². The lowest BCUT2D eigenvalue weighted by atomic mass is 10.0. The van der Waals surface area contributed by atoms with Crippen LogP contribution in [-0.4, -0.2) is 24.4 Å². The molecule has 0 aliphatic carbocycles. The van der Waals surface area contributed by atoms with Crippen LogP contribution in [-0.2, 0) is 16.4 Å². The van der Waals surface area contributed by atoms with Crippen LogP contribution < -0.4 is 10.5 Å². The molecule has 2 aromatic carbocycles. The van der Waals surface area contributed by atoms with E-state index in [0.29, 0.717) is 11.1 Å². The summed E-state index contributed by atoms with van der Waals surface area (Å²) in [7, 11) is -4.08. The predicted octanol–water partition coefficient (Wildman–Crippen LogP) is 1.64. The average Bonchev–Trinajstić information content (AvgIpc) is 2.61. The number of nitrogens with one attached hydrogen (secondary N) is 1. The standard InChI is InChI=1S/C16H14N4O4S2/c17-10-12-4-1-3-11(7-12)8-15(16(18)25)19-26(23,24)14-6-2-5-13(9-14)20(21)22/h1-7,9,15,19H,8H2,(H2,18,25). The first-order valence-corrected chi connectivity index (χ1v) is 9.17. The Bertz CT molecular complexity index is 999. The molecule has 8 nitrogen and oxygen atoms in total. The van der Waals surface area contributed by atoms with Gasteiger partial charge in [0, 0.05) is 12.1 Å². The van der Waals surface area contributed by atoms with Gasteiger partial charge in [0.25, 0.3) is 5.69 Å². The summed E-state index contributed by atoms with van der Waals surface area (Å²) in [6, 6.07) is 12.3. The molecule has 134 valence electrons. The van der Waals surface area contributed by atoms with Crippen molar-refractivity contribution in [2.24, 2.45) is 5.73 Å². The highest BCUT2D eigenvalue weighted by atomic mass is 32.2. The summed E-state index contributed by atoms with van der Waals surface area (Å²) in [5.41, 5.74) is 6.40. The number of nitro groups is 1. The van der Waals surface area contributed by atoms with Gasteiger partial charge in [-0.1, -0.05) is 30.4 Å². The normalized spacial score (nSPS) is 12.1. The SMILES string of the molecule is N#Cc1cccc(CC(NS(=O)(=O)c2cccc([N+](=O)[O-])c2)C(N)=S)c1. The zero-order valence-electron chi connectivity index (χ0n) is 13.3. The molecule has 0 aliphatic rings. The number of hydrogen-bond donors (Lipinski definition) is 2. The fourth-order valence-corrected chi connectivity index (χ4v) is 3.69. The number of nitrogens with two attached hydrogens (primary N) is 1. The van der Waals surface area contributed by atoms with Crippen LogP contribution in [0.4, 0.5) is 5.69 Å². The van der Waals surface area contributed by atoms with E-state index in [2.05, 4.69) is 4.72 Å². The number of nitriles is 1. The molecular formula is C16H14N4O4S2. The molecule has 10 heteroatoms. The zero-order valence-corrected chi connectivity index (χ0v) is 15.0. The van der Waals surface area contributed by atoms with Crippen molar-refractivity contribution in [2.45, 2.75) is 17.4 Å². The van der Waals surface area contributed by atoms with Gasteiger partial charge in [0.05, 0.1) is 32.5 Å². The lowest BCUT2D eigenvalue weighted by molar-refractivity contribution is -0.385. The molecule has 0 aliphatic heterocycles. The van der Waals surface area contributed by atoms with Crippen LogP contribution >= 0.6 is 12.2 Å². The van der Waals surface area contributed by atoms with Crippen molar-refractivity contribution in [1.29, 1.82) is 5.26 Å². The Morgan fingerprint density at radius 1 is 1.31 bits per heavy atom. The van der Waals surface area contributed by atoms with Crippen LogP contribution in [0.25, 0.3) is 0 Å². The van der Waals surface area contributed by atoms with E-state index in [9.17, 15) is 18.5 Å². The highest BCUT2D eigenvalue weighted by Gasteiger charge is 2.24. The molecule has 2 aromatic rings. The Hall–Kier alpha value is -2.87. The first-order valence-electron chi connectivity index (χ1n) is 7.28. The Morgan fingerprint density at radius 2 is 2.00 bits per heavy atom. The number of nitro benzene ring substituents is 1. The zero-order chi connectivity index (χ0) is 19.3. The van der Waals surface area contributed by atoms with Crippen molar-refractivity contribution in [2.75, 3.05) is 0 Å². The molecule has 0 aromatic heterocycles. The number of hydrogen-bond acceptors (Lipinski definition) is 6. The van der Waals surface area contributed by atoms with Crippen LogP contribution in [0.15, 0.2) is 53.4 Å². The molecule has 0 spiro atoms. The fourth-order valence-electron chi connectivity index (χ4n) is 2.22. The molecular weight excluding hydrogens is 376 g/mol. The lowest BCUT2D eigenvalue weighted by Gasteiger charge is -2.18. The van der Waals surface area contributed by atoms with Gasteiger partial charge in [0.15, 0.2) is 0 Å². The molecule has 0 saturated heterocycles. The largest absolute Gasteiger partial charge is 0.392 e. The number of thiocarbonyl (C=S) groups is 1. The fraction of sp³-hybridized carbons (Fsp3) is 0.125. The number of sulfonamides is 1. The van der Waals surface area contributed by atoms with Crippen LogP contribution in [0.5, 0.6) is 0 Å². The van der Waals surface area contributed by atoms with Gasteiger partial charge >= 0.3 is 0 Å². The summed E-state index contributed by atoms with van der Waals surface area (Å²) in [6.07, 6.45) is 0.138. The summed E-state index contributed by atoms with van der Waals surface area (Å²) >= 11 is 4.94. The van der Waals surface area contributed by atoms with Gasteiger partial charge in [-0.05, 0) is 30.2 Å². The predicted molar refractivity (Wildman–Crippen MR) is 98.9 cm³/mol. The smallest absolute Gasteiger partial charge is 0.270 e. The van der Waals surface area contributed by atoms with E-state index in [4.69, 9.17) is 23.2 Å². The first kappa shape index (κ1) is 19.5. The average molecular weight is 390 g/mol. The van der Waals surface area contributed by atoms with Crippen molar-refractivity contribution < 1.29 is 13.3 Å². The number of benzene rings is 2. The quantitative estimate of drug-likeness (QED) is 0.416. The highest BCUT2D eigenvalue weighted by molar-refractivity contribution is 7.89. The summed E-state index contributed by atoms with van der Waals surface area (Å²) in [6.45, 7) is 0. The second-order valence-electron chi connectivity index (χ2n) is 5.35. The van der Waals surface area contributed by atoms with Gasteiger partial charge in [0.2, 0.25) is 10.0 Å². The molecule has 1 unspecified atom stereocenters. The van der Waals surface area contributed by atoms with Gasteiger partial charge in [0.1, 0.15) is 0 Å². The minimum atomic E-state index is -4.08. The molecule has 0 saturated carbocycles. The molecule has 2 rings (SSSR count). The number of non-ortho nitro benzene ring substituents is 1. The summed E-state index contributed by atoms with van der Waals surface area (Å²) in [4.78, 5) is 9.81. The van der Waals surface area contributed by atoms with E-state index in [1.165, 1.54) is 18.2 Å². The van der Waals surface area contributed by atoms with Crippen LogP contribution in [0, 0.1) is 21.4 Å². The van der Waals surface area contributed by atoms with E-state index in [1.54, 1.807) is 24.3 Å². The molecule has 26 heavy (non-hydrogen) atoms. The monoisotopic (exact) mass is 390 g/mol. The topological polar surface area (TPSA) is 139 Å². The van der Waals surface area contributed by atoms with Gasteiger partial charge in [-0.2, -0.15) is 5.26 Å². The molecule has 1 atom stereocenters. The van der Waals surface area contributed by atoms with Crippen molar-refractivity contribution in [1.82, 2.24) is 4.72 Å². The Morgan fingerprint density at radius 3 is 2.62 bits per heavy atom. The third kappa shape index (κ3) is 4.82. The van der Waals surface area contributed by atoms with Crippen LogP contribution in [0.3, 0.4) is 0 Å². The summed E-state index contributed by atoms with van der Waals surface area (Å²) in [5, 5.41) is 19.8. The van der Waals surface area contributed by atoms with Crippen molar-refractivity contribution in [3.8, 4) is 6.07 Å². The van der Waals surface area contributed by atoms with Crippen LogP contribution in [0.1, 0.15) is 11.1 Å². The maximum absolute atomic E-state index is 12.5. The van der Waals surface area contributed by atoms with Crippen molar-refractivity contribution >= 4 is 32.9 Å². The maximum atomic E-state index is 12.5. The molecule has 0 fully saturated rings. The van der Waals surface area contributed by atoms with E-state index in [1.807, 2.05) is 6.07 Å². The minimum absolute atomic E-state index is 0.0821. The molecule has 0 radical (unpaired) electrons. The summed E-state index contributed by atoms with van der Waals surface area (Å²) in [5.74, 6) is 0. The molecule has 0 heterocycles. The number of rotatable bonds is 7. The second kappa shape index (κ2) is 8.01. The van der Waals surface area contributed by atoms with E-state index in [0.717, 1.165) is 6.07 Å². The first-order chi connectivity index (χ1) is 12.2. The third-order valence-corrected chi connectivity index (χ3v) is 5.23. The Kier molecular flexibility index (Phi) is 5.99. The van der Waals surface area contributed by atoms with Gasteiger partial charge in [-0.25, -0.2) is 13.1 Å². The number of nitrogens with zero attached hydrogens (tertiary/aromatic N) is 2. The molecule has 3 N–H and O–H groups in total. The van der Waals surface area contributed by atoms with E-state index in [-0.39, 0.29) is 22.0 Å². The molecule has 0 amide bonds. The molecule has 0 bridgehead atoms. The van der Waals surface area contributed by atoms with Crippen molar-refractivity contribution in [3.05, 3.63) is 69.8 Å². The van der Waals surface area contributed by atoms with Gasteiger partial charge in [-0.15, -0.1) is 0 Å². The highest BCUT2D eigenvalue weighted by Crippen LogP contribution is 2.18. The third-order valence-electron chi connectivity index (χ3n) is 3.48. The van der Waals surface area contributed by atoms with E-state index < -0.39 is 21.0 Å². The lowest BCUT2D eigenvalue weighted by Crippen LogP contribution is -2.44. The van der Waals surface area contributed by atoms with Gasteiger partial charge < -0.3 is 5.73 Å².